The van der Waals surface area contributed by atoms with Crippen molar-refractivity contribution in [2.45, 2.75) is 58.1 Å². The quantitative estimate of drug-likeness (QED) is 0.599. The van der Waals surface area contributed by atoms with E-state index in [9.17, 15) is 14.7 Å². The summed E-state index contributed by atoms with van der Waals surface area (Å²) in [7, 11) is 0. The molecule has 1 saturated heterocycles. The molecular weight excluding hydrogens is 468 g/mol. The van der Waals surface area contributed by atoms with Gasteiger partial charge in [0.15, 0.2) is 5.65 Å². The summed E-state index contributed by atoms with van der Waals surface area (Å²) in [5.41, 5.74) is 2.06. The number of hydrogen-bond donors (Lipinski definition) is 1. The number of fused-ring (bicyclic) bond motifs is 2. The third kappa shape index (κ3) is 3.74. The van der Waals surface area contributed by atoms with E-state index in [2.05, 4.69) is 4.98 Å². The van der Waals surface area contributed by atoms with E-state index >= 15 is 0 Å². The molecule has 1 N–H and O–H groups in total. The van der Waals surface area contributed by atoms with E-state index < -0.39 is 5.60 Å². The molecule has 35 heavy (non-hydrogen) atoms. The fourth-order valence-electron chi connectivity index (χ4n) is 5.44. The molecule has 1 saturated carbocycles. The Kier molecular flexibility index (Phi) is 5.06. The van der Waals surface area contributed by atoms with Crippen molar-refractivity contribution in [1.82, 2.24) is 19.0 Å². The lowest BCUT2D eigenvalue weighted by atomic mass is 9.90. The van der Waals surface area contributed by atoms with Crippen molar-refractivity contribution < 1.29 is 14.6 Å². The molecule has 184 valence electrons. The van der Waals surface area contributed by atoms with Crippen LogP contribution >= 0.6 is 11.6 Å². The second kappa shape index (κ2) is 7.83. The summed E-state index contributed by atoms with van der Waals surface area (Å²) < 4.78 is 8.97. The van der Waals surface area contributed by atoms with Gasteiger partial charge in [-0.25, -0.2) is 4.98 Å². The lowest BCUT2D eigenvalue weighted by molar-refractivity contribution is -0.141. The zero-order chi connectivity index (χ0) is 24.5. The minimum atomic E-state index is -1.07. The second-order valence-corrected chi connectivity index (χ2v) is 11.0. The van der Waals surface area contributed by atoms with Crippen LogP contribution < -0.4 is 10.3 Å². The minimum Gasteiger partial charge on any atom is -0.493 e. The maximum Gasteiger partial charge on any atom is 0.262 e. The van der Waals surface area contributed by atoms with E-state index in [0.29, 0.717) is 48.7 Å². The van der Waals surface area contributed by atoms with Gasteiger partial charge in [-0.1, -0.05) is 18.5 Å². The monoisotopic (exact) mass is 496 g/mol. The Balaban J connectivity index is 1.27. The Morgan fingerprint density at radius 2 is 1.94 bits per heavy atom. The number of hydrogen-bond acceptors (Lipinski definition) is 5. The summed E-state index contributed by atoms with van der Waals surface area (Å²) >= 11 is 6.58. The van der Waals surface area contributed by atoms with Gasteiger partial charge in [-0.3, -0.25) is 18.7 Å². The third-order valence-corrected chi connectivity index (χ3v) is 8.27. The van der Waals surface area contributed by atoms with E-state index in [4.69, 9.17) is 16.3 Å². The number of aliphatic hydroxyl groups is 1. The number of aryl methyl sites for hydroxylation is 1. The first-order chi connectivity index (χ1) is 16.7. The predicted molar refractivity (Wildman–Crippen MR) is 132 cm³/mol. The number of nitrogens with zero attached hydrogens (tertiary/aromatic N) is 4. The van der Waals surface area contributed by atoms with Crippen molar-refractivity contribution in [3.05, 3.63) is 51.2 Å². The van der Waals surface area contributed by atoms with Gasteiger partial charge in [0, 0.05) is 36.6 Å². The molecule has 0 radical (unpaired) electrons. The fourth-order valence-corrected chi connectivity index (χ4v) is 5.72. The molecular formula is C26H29ClN4O4. The Morgan fingerprint density at radius 3 is 2.66 bits per heavy atom. The summed E-state index contributed by atoms with van der Waals surface area (Å²) in [6.45, 7) is 5.83. The molecule has 0 spiro atoms. The molecule has 8 nitrogen and oxygen atoms in total. The number of carbonyl (C=O) groups excluding carboxylic acids is 1. The van der Waals surface area contributed by atoms with E-state index in [1.165, 1.54) is 16.5 Å². The molecule has 1 aliphatic carbocycles. The lowest BCUT2D eigenvalue weighted by Crippen LogP contribution is -2.51. The maximum atomic E-state index is 13.4. The van der Waals surface area contributed by atoms with Gasteiger partial charge in [0.25, 0.3) is 5.56 Å². The lowest BCUT2D eigenvalue weighted by Gasteiger charge is -2.39. The van der Waals surface area contributed by atoms with Crippen molar-refractivity contribution >= 4 is 28.5 Å². The van der Waals surface area contributed by atoms with Gasteiger partial charge < -0.3 is 14.7 Å². The van der Waals surface area contributed by atoms with Crippen LogP contribution in [0.15, 0.2) is 29.3 Å². The number of amides is 1. The molecule has 0 bridgehead atoms. The van der Waals surface area contributed by atoms with Crippen LogP contribution in [0.5, 0.6) is 5.75 Å². The van der Waals surface area contributed by atoms with Gasteiger partial charge >= 0.3 is 0 Å². The van der Waals surface area contributed by atoms with Crippen LogP contribution in [-0.2, 0) is 17.8 Å². The largest absolute Gasteiger partial charge is 0.493 e. The first-order valence-electron chi connectivity index (χ1n) is 12.2. The highest BCUT2D eigenvalue weighted by Crippen LogP contribution is 2.47. The van der Waals surface area contributed by atoms with Crippen LogP contribution in [-0.4, -0.2) is 55.3 Å². The molecule has 0 atom stereocenters. The molecule has 2 fully saturated rings. The van der Waals surface area contributed by atoms with Gasteiger partial charge in [0.1, 0.15) is 17.2 Å². The predicted octanol–water partition coefficient (Wildman–Crippen LogP) is 3.24. The summed E-state index contributed by atoms with van der Waals surface area (Å²) in [5.74, 6) is 1.02. The third-order valence-electron chi connectivity index (χ3n) is 7.99. The fraction of sp³-hybridized carbons (Fsp3) is 0.500. The van der Waals surface area contributed by atoms with Gasteiger partial charge in [-0.2, -0.15) is 0 Å². The second-order valence-electron chi connectivity index (χ2n) is 10.6. The SMILES string of the molecule is Cc1cc(-n2c(Cl)cc3c(=O)n(CC4(O)CCN(C(=O)C5(C)CC5)CC4)cnc32)cc2c1CCO2. The first kappa shape index (κ1) is 22.6. The Morgan fingerprint density at radius 1 is 1.20 bits per heavy atom. The summed E-state index contributed by atoms with van der Waals surface area (Å²) in [6, 6.07) is 5.60. The Hall–Kier alpha value is -2.84. The number of halogens is 1. The summed E-state index contributed by atoms with van der Waals surface area (Å²) in [6.07, 6.45) is 5.10. The van der Waals surface area contributed by atoms with Crippen LogP contribution in [0.4, 0.5) is 0 Å². The van der Waals surface area contributed by atoms with Gasteiger partial charge in [0.05, 0.1) is 29.8 Å². The number of carbonyl (C=O) groups is 1. The van der Waals surface area contributed by atoms with Crippen LogP contribution in [0.3, 0.4) is 0 Å². The van der Waals surface area contributed by atoms with Crippen molar-refractivity contribution in [3.63, 3.8) is 0 Å². The number of benzene rings is 1. The highest BCUT2D eigenvalue weighted by Gasteiger charge is 2.48. The van der Waals surface area contributed by atoms with Gasteiger partial charge in [0.2, 0.25) is 5.91 Å². The molecule has 0 unspecified atom stereocenters. The molecule has 1 aromatic carbocycles. The van der Waals surface area contributed by atoms with Gasteiger partial charge in [-0.05, 0) is 50.3 Å². The molecule has 3 aromatic rings. The maximum absolute atomic E-state index is 13.4. The minimum absolute atomic E-state index is 0.128. The average Bonchev–Trinajstić information content (AvgIpc) is 3.24. The summed E-state index contributed by atoms with van der Waals surface area (Å²) in [4.78, 5) is 32.4. The highest BCUT2D eigenvalue weighted by molar-refractivity contribution is 6.31. The number of likely N-dealkylation sites (tertiary alicyclic amines) is 1. The zero-order valence-corrected chi connectivity index (χ0v) is 20.8. The molecule has 2 aromatic heterocycles. The van der Waals surface area contributed by atoms with Crippen molar-refractivity contribution in [2.75, 3.05) is 19.7 Å². The Labute approximate surface area is 208 Å². The molecule has 3 aliphatic rings. The average molecular weight is 497 g/mol. The molecule has 9 heteroatoms. The first-order valence-corrected chi connectivity index (χ1v) is 12.6. The molecule has 6 rings (SSSR count). The summed E-state index contributed by atoms with van der Waals surface area (Å²) in [5, 5.41) is 12.0. The molecule has 2 aliphatic heterocycles. The highest BCUT2D eigenvalue weighted by atomic mass is 35.5. The van der Waals surface area contributed by atoms with E-state index in [-0.39, 0.29) is 23.4 Å². The number of aromatic nitrogens is 3. The van der Waals surface area contributed by atoms with Crippen molar-refractivity contribution in [2.24, 2.45) is 5.41 Å². The molecule has 4 heterocycles. The van der Waals surface area contributed by atoms with Gasteiger partial charge in [-0.15, -0.1) is 0 Å². The van der Waals surface area contributed by atoms with Crippen molar-refractivity contribution in [3.8, 4) is 11.4 Å². The number of rotatable bonds is 4. The van der Waals surface area contributed by atoms with Crippen LogP contribution in [0.25, 0.3) is 16.7 Å². The smallest absolute Gasteiger partial charge is 0.262 e. The van der Waals surface area contributed by atoms with Crippen LogP contribution in [0.2, 0.25) is 5.15 Å². The molecule has 1 amide bonds. The zero-order valence-electron chi connectivity index (χ0n) is 20.0. The topological polar surface area (TPSA) is 89.6 Å². The Bertz CT molecular complexity index is 1410. The van der Waals surface area contributed by atoms with E-state index in [0.717, 1.165) is 36.3 Å². The standard InChI is InChI=1S/C26H29ClN4O4/c1-16-11-17(12-20-18(16)3-10-35-20)31-21(27)13-19-22(31)28-15-30(23(19)32)14-26(34)6-8-29(9-7-26)24(33)25(2)4-5-25/h11-13,15,34H,3-10,14H2,1-2H3. The normalized spacial score (nSPS) is 20.1. The van der Waals surface area contributed by atoms with Crippen LogP contribution in [0, 0.1) is 12.3 Å². The van der Waals surface area contributed by atoms with E-state index in [1.54, 1.807) is 10.6 Å². The number of piperidine rings is 1. The van der Waals surface area contributed by atoms with E-state index in [1.807, 2.05) is 30.9 Å². The van der Waals surface area contributed by atoms with Crippen LogP contribution in [0.1, 0.15) is 43.7 Å². The number of ether oxygens (including phenoxy) is 1. The van der Waals surface area contributed by atoms with Crippen molar-refractivity contribution in [1.29, 1.82) is 0 Å².